The summed E-state index contributed by atoms with van der Waals surface area (Å²) in [5.74, 6) is 2.56. The van der Waals surface area contributed by atoms with Crippen LogP contribution in [0.4, 0.5) is 0 Å². The fourth-order valence-corrected chi connectivity index (χ4v) is 4.03. The van der Waals surface area contributed by atoms with Crippen molar-refractivity contribution in [3.8, 4) is 0 Å². The maximum atomic E-state index is 3.75. The van der Waals surface area contributed by atoms with Crippen molar-refractivity contribution in [3.05, 3.63) is 35.4 Å². The van der Waals surface area contributed by atoms with Gasteiger partial charge in [0.1, 0.15) is 0 Å². The molecular weight excluding hydrogens is 238 g/mol. The van der Waals surface area contributed by atoms with Gasteiger partial charge in [-0.25, -0.2) is 0 Å². The van der Waals surface area contributed by atoms with Crippen LogP contribution in [0.15, 0.2) is 24.3 Å². The van der Waals surface area contributed by atoms with E-state index in [2.05, 4.69) is 62.1 Å². The zero-order valence-corrected chi connectivity index (χ0v) is 12.6. The first-order valence-corrected chi connectivity index (χ1v) is 8.14. The van der Waals surface area contributed by atoms with Crippen LogP contribution >= 0.6 is 11.8 Å². The molecule has 1 heterocycles. The molecule has 1 aromatic rings. The maximum Gasteiger partial charge on any atom is 0.0211 e. The first kappa shape index (κ1) is 14.0. The number of thioether (sulfide) groups is 1. The molecule has 1 nitrogen and oxygen atoms in total. The Morgan fingerprint density at radius 2 is 2.00 bits per heavy atom. The van der Waals surface area contributed by atoms with Gasteiger partial charge in [0.05, 0.1) is 0 Å². The molecule has 18 heavy (non-hydrogen) atoms. The quantitative estimate of drug-likeness (QED) is 0.885. The van der Waals surface area contributed by atoms with E-state index in [1.54, 1.807) is 0 Å². The van der Waals surface area contributed by atoms with Crippen LogP contribution in [-0.4, -0.2) is 17.5 Å². The highest BCUT2D eigenvalue weighted by Gasteiger charge is 2.27. The van der Waals surface area contributed by atoms with Gasteiger partial charge in [-0.2, -0.15) is 11.8 Å². The van der Waals surface area contributed by atoms with Crippen LogP contribution < -0.4 is 5.32 Å². The van der Waals surface area contributed by atoms with Crippen LogP contribution in [0.2, 0.25) is 0 Å². The van der Waals surface area contributed by atoms with Gasteiger partial charge < -0.3 is 5.32 Å². The third-order valence-electron chi connectivity index (χ3n) is 3.69. The Labute approximate surface area is 116 Å². The molecule has 1 unspecified atom stereocenters. The lowest BCUT2D eigenvalue weighted by Gasteiger charge is -2.35. The van der Waals surface area contributed by atoms with Crippen molar-refractivity contribution < 1.29 is 0 Å². The van der Waals surface area contributed by atoms with Gasteiger partial charge in [0, 0.05) is 18.3 Å². The number of nitrogens with one attached hydrogen (secondary N) is 1. The Hall–Kier alpha value is -0.470. The third kappa shape index (κ3) is 3.76. The molecule has 1 aliphatic rings. The third-order valence-corrected chi connectivity index (χ3v) is 5.31. The molecule has 1 N–H and O–H groups in total. The summed E-state index contributed by atoms with van der Waals surface area (Å²) in [6.45, 7) is 8.02. The monoisotopic (exact) mass is 263 g/mol. The topological polar surface area (TPSA) is 12.0 Å². The van der Waals surface area contributed by atoms with E-state index in [4.69, 9.17) is 0 Å². The van der Waals surface area contributed by atoms with Crippen molar-refractivity contribution in [1.29, 1.82) is 0 Å². The second kappa shape index (κ2) is 6.12. The Kier molecular flexibility index (Phi) is 4.74. The zero-order chi connectivity index (χ0) is 13.0. The second-order valence-electron chi connectivity index (χ2n) is 6.08. The van der Waals surface area contributed by atoms with Crippen LogP contribution in [0.25, 0.3) is 0 Å². The van der Waals surface area contributed by atoms with Gasteiger partial charge in [0.2, 0.25) is 0 Å². The Bertz CT molecular complexity index is 386. The van der Waals surface area contributed by atoms with Gasteiger partial charge in [-0.15, -0.1) is 0 Å². The summed E-state index contributed by atoms with van der Waals surface area (Å²) in [5.41, 5.74) is 3.44. The van der Waals surface area contributed by atoms with Crippen LogP contribution in [0.3, 0.4) is 0 Å². The molecule has 100 valence electrons. The molecule has 0 aromatic heterocycles. The van der Waals surface area contributed by atoms with Gasteiger partial charge in [0.25, 0.3) is 0 Å². The molecule has 0 radical (unpaired) electrons. The predicted molar refractivity (Wildman–Crippen MR) is 82.2 cm³/mol. The highest BCUT2D eigenvalue weighted by atomic mass is 32.2. The van der Waals surface area contributed by atoms with Crippen molar-refractivity contribution >= 4 is 11.8 Å². The van der Waals surface area contributed by atoms with Crippen LogP contribution in [0.5, 0.6) is 0 Å². The molecule has 1 fully saturated rings. The Morgan fingerprint density at radius 3 is 2.67 bits per heavy atom. The molecular formula is C16H25NS. The van der Waals surface area contributed by atoms with Crippen molar-refractivity contribution in [2.45, 2.75) is 46.2 Å². The number of hydrogen-bond donors (Lipinski definition) is 1. The van der Waals surface area contributed by atoms with Crippen LogP contribution in [-0.2, 0) is 13.0 Å². The molecule has 0 aliphatic carbocycles. The molecule has 2 heteroatoms. The lowest BCUT2D eigenvalue weighted by Crippen LogP contribution is -2.40. The summed E-state index contributed by atoms with van der Waals surface area (Å²) in [5, 5.41) is 3.75. The summed E-state index contributed by atoms with van der Waals surface area (Å²) < 4.78 is 0. The van der Waals surface area contributed by atoms with E-state index >= 15 is 0 Å². The summed E-state index contributed by atoms with van der Waals surface area (Å²) in [6, 6.07) is 9.46. The van der Waals surface area contributed by atoms with E-state index in [0.29, 0.717) is 11.5 Å². The summed E-state index contributed by atoms with van der Waals surface area (Å²) >= 11 is 2.09. The highest BCUT2D eigenvalue weighted by molar-refractivity contribution is 7.99. The average molecular weight is 263 g/mol. The molecule has 2 rings (SSSR count). The number of hydrogen-bond acceptors (Lipinski definition) is 2. The predicted octanol–water partition coefficient (Wildman–Crippen LogP) is 3.87. The summed E-state index contributed by atoms with van der Waals surface area (Å²) in [4.78, 5) is 0. The van der Waals surface area contributed by atoms with Gasteiger partial charge in [0.15, 0.2) is 0 Å². The number of aryl methyl sites for hydroxylation is 1. The van der Waals surface area contributed by atoms with Gasteiger partial charge in [-0.1, -0.05) is 45.0 Å². The fraction of sp³-hybridized carbons (Fsp3) is 0.625. The fourth-order valence-electron chi connectivity index (χ4n) is 2.72. The minimum atomic E-state index is 0.491. The smallest absolute Gasteiger partial charge is 0.0211 e. The van der Waals surface area contributed by atoms with Crippen molar-refractivity contribution in [1.82, 2.24) is 5.32 Å². The van der Waals surface area contributed by atoms with Gasteiger partial charge >= 0.3 is 0 Å². The molecule has 1 saturated heterocycles. The highest BCUT2D eigenvalue weighted by Crippen LogP contribution is 2.33. The lowest BCUT2D eigenvalue weighted by atomic mass is 9.87. The average Bonchev–Trinajstić information content (AvgIpc) is 2.35. The van der Waals surface area contributed by atoms with Gasteiger partial charge in [-0.05, 0) is 35.1 Å². The first-order chi connectivity index (χ1) is 8.61. The minimum Gasteiger partial charge on any atom is -0.309 e. The van der Waals surface area contributed by atoms with Gasteiger partial charge in [-0.3, -0.25) is 0 Å². The standard InChI is InChI=1S/C16H25NS/c1-4-13-7-5-6-8-14(13)10-17-15-9-16(2,3)12-18-11-15/h5-8,15,17H,4,9-12H2,1-3H3. The molecule has 1 aliphatic heterocycles. The molecule has 0 bridgehead atoms. The van der Waals surface area contributed by atoms with Crippen molar-refractivity contribution in [3.63, 3.8) is 0 Å². The van der Waals surface area contributed by atoms with E-state index in [1.807, 2.05) is 0 Å². The Balaban J connectivity index is 1.91. The molecule has 1 aromatic carbocycles. The number of benzene rings is 1. The van der Waals surface area contributed by atoms with E-state index < -0.39 is 0 Å². The Morgan fingerprint density at radius 1 is 1.28 bits per heavy atom. The minimum absolute atomic E-state index is 0.491. The zero-order valence-electron chi connectivity index (χ0n) is 11.8. The van der Waals surface area contributed by atoms with Crippen molar-refractivity contribution in [2.75, 3.05) is 11.5 Å². The molecule has 1 atom stereocenters. The maximum absolute atomic E-state index is 3.75. The molecule has 0 saturated carbocycles. The SMILES string of the molecule is CCc1ccccc1CNC1CSCC(C)(C)C1. The first-order valence-electron chi connectivity index (χ1n) is 6.98. The normalized spacial score (nSPS) is 22.9. The lowest BCUT2D eigenvalue weighted by molar-refractivity contribution is 0.317. The van der Waals surface area contributed by atoms with Crippen molar-refractivity contribution in [2.24, 2.45) is 5.41 Å². The van der Waals surface area contributed by atoms with E-state index in [9.17, 15) is 0 Å². The van der Waals surface area contributed by atoms with E-state index in [0.717, 1.165) is 13.0 Å². The number of rotatable bonds is 4. The van der Waals surface area contributed by atoms with Crippen LogP contribution in [0.1, 0.15) is 38.3 Å². The van der Waals surface area contributed by atoms with E-state index in [-0.39, 0.29) is 0 Å². The molecule has 0 amide bonds. The molecule has 0 spiro atoms. The van der Waals surface area contributed by atoms with E-state index in [1.165, 1.54) is 29.1 Å². The largest absolute Gasteiger partial charge is 0.309 e. The second-order valence-corrected chi connectivity index (χ2v) is 7.11. The summed E-state index contributed by atoms with van der Waals surface area (Å²) in [6.07, 6.45) is 2.43. The van der Waals surface area contributed by atoms with Crippen LogP contribution in [0, 0.1) is 5.41 Å². The summed E-state index contributed by atoms with van der Waals surface area (Å²) in [7, 11) is 0.